The number of hydrogen-bond acceptors (Lipinski definition) is 7. The molecule has 1 fully saturated rings. The van der Waals surface area contributed by atoms with E-state index in [2.05, 4.69) is 24.8 Å². The van der Waals surface area contributed by atoms with E-state index < -0.39 is 5.91 Å². The molecule has 0 saturated carbocycles. The number of pyridine rings is 1. The summed E-state index contributed by atoms with van der Waals surface area (Å²) in [6.45, 7) is 2.94. The molecule has 2 aromatic rings. The molecule has 0 unspecified atom stereocenters. The molecule has 9 heteroatoms. The molecule has 0 aliphatic carbocycles. The molecule has 0 aromatic carbocycles. The minimum Gasteiger partial charge on any atom is -0.480 e. The number of nitrogens with zero attached hydrogens (tertiary/aromatic N) is 5. The van der Waals surface area contributed by atoms with Gasteiger partial charge in [-0.1, -0.05) is 11.6 Å². The Morgan fingerprint density at radius 3 is 2.54 bits per heavy atom. The summed E-state index contributed by atoms with van der Waals surface area (Å²) in [5, 5.41) is 0.418. The molecule has 3 heterocycles. The van der Waals surface area contributed by atoms with Crippen molar-refractivity contribution in [1.29, 1.82) is 0 Å². The van der Waals surface area contributed by atoms with Gasteiger partial charge in [-0.25, -0.2) is 4.98 Å². The molecule has 0 spiro atoms. The van der Waals surface area contributed by atoms with Crippen molar-refractivity contribution in [2.45, 2.75) is 0 Å². The van der Waals surface area contributed by atoms with E-state index in [0.29, 0.717) is 22.3 Å². The molecule has 2 N–H and O–H groups in total. The van der Waals surface area contributed by atoms with Gasteiger partial charge in [-0.2, -0.15) is 4.98 Å². The summed E-state index contributed by atoms with van der Waals surface area (Å²) in [7, 11) is 1.56. The van der Waals surface area contributed by atoms with Crippen LogP contribution in [0.3, 0.4) is 0 Å². The zero-order valence-corrected chi connectivity index (χ0v) is 13.9. The minimum absolute atomic E-state index is 0.300. The predicted octanol–water partition coefficient (Wildman–Crippen LogP) is 0.959. The Morgan fingerprint density at radius 2 is 1.92 bits per heavy atom. The zero-order valence-electron chi connectivity index (χ0n) is 13.1. The van der Waals surface area contributed by atoms with Gasteiger partial charge >= 0.3 is 0 Å². The smallest absolute Gasteiger partial charge is 0.250 e. The molecule has 1 aliphatic heterocycles. The predicted molar refractivity (Wildman–Crippen MR) is 90.8 cm³/mol. The van der Waals surface area contributed by atoms with Crippen LogP contribution in [0.2, 0.25) is 5.02 Å². The van der Waals surface area contributed by atoms with Crippen molar-refractivity contribution in [3.63, 3.8) is 0 Å². The van der Waals surface area contributed by atoms with Crippen LogP contribution in [0.25, 0.3) is 0 Å². The molecule has 24 heavy (non-hydrogen) atoms. The van der Waals surface area contributed by atoms with Crippen LogP contribution in [-0.2, 0) is 0 Å². The summed E-state index contributed by atoms with van der Waals surface area (Å²) in [5.74, 6) is 1.37. The average molecular weight is 349 g/mol. The fraction of sp³-hybridized carbons (Fsp3) is 0.333. The normalized spacial score (nSPS) is 14.6. The van der Waals surface area contributed by atoms with Gasteiger partial charge in [0, 0.05) is 32.4 Å². The van der Waals surface area contributed by atoms with E-state index in [1.807, 2.05) is 0 Å². The third-order valence-corrected chi connectivity index (χ3v) is 4.10. The SMILES string of the molecule is COc1cncc(N2CCN(c3ncc(C(N)=O)cc3Cl)CC2)n1. The molecular weight excluding hydrogens is 332 g/mol. The van der Waals surface area contributed by atoms with Crippen molar-refractivity contribution in [2.24, 2.45) is 5.73 Å². The number of primary amides is 1. The van der Waals surface area contributed by atoms with Crippen LogP contribution in [0.15, 0.2) is 24.7 Å². The van der Waals surface area contributed by atoms with Gasteiger partial charge in [0.25, 0.3) is 0 Å². The van der Waals surface area contributed by atoms with E-state index in [0.717, 1.165) is 32.0 Å². The number of carbonyl (C=O) groups excluding carboxylic acids is 1. The number of hydrogen-bond donors (Lipinski definition) is 1. The Morgan fingerprint density at radius 1 is 1.21 bits per heavy atom. The molecule has 0 atom stereocenters. The van der Waals surface area contributed by atoms with Crippen molar-refractivity contribution in [3.05, 3.63) is 35.2 Å². The molecule has 1 amide bonds. The lowest BCUT2D eigenvalue weighted by Gasteiger charge is -2.36. The standard InChI is InChI=1S/C15H17ClN6O2/c1-24-13-9-18-8-12(20-13)21-2-4-22(5-3-21)15-11(16)6-10(7-19-15)14(17)23/h6-9H,2-5H2,1H3,(H2,17,23). The Bertz CT molecular complexity index is 748. The van der Waals surface area contributed by atoms with Crippen LogP contribution in [0.1, 0.15) is 10.4 Å². The van der Waals surface area contributed by atoms with Crippen LogP contribution in [-0.4, -0.2) is 54.1 Å². The van der Waals surface area contributed by atoms with E-state index in [9.17, 15) is 4.79 Å². The number of piperazine rings is 1. The maximum Gasteiger partial charge on any atom is 0.250 e. The number of carbonyl (C=O) groups is 1. The lowest BCUT2D eigenvalue weighted by molar-refractivity contribution is 0.1000. The van der Waals surface area contributed by atoms with E-state index in [1.54, 1.807) is 25.6 Å². The van der Waals surface area contributed by atoms with Crippen molar-refractivity contribution in [3.8, 4) is 5.88 Å². The van der Waals surface area contributed by atoms with Crippen molar-refractivity contribution >= 4 is 29.1 Å². The highest BCUT2D eigenvalue weighted by Gasteiger charge is 2.22. The van der Waals surface area contributed by atoms with E-state index >= 15 is 0 Å². The summed E-state index contributed by atoms with van der Waals surface area (Å²) in [5.41, 5.74) is 5.54. The van der Waals surface area contributed by atoms with Gasteiger partial charge in [0.2, 0.25) is 11.8 Å². The van der Waals surface area contributed by atoms with Gasteiger partial charge in [0.15, 0.2) is 5.82 Å². The van der Waals surface area contributed by atoms with Crippen LogP contribution in [0.4, 0.5) is 11.6 Å². The average Bonchev–Trinajstić information content (AvgIpc) is 2.62. The first-order chi connectivity index (χ1) is 11.6. The maximum atomic E-state index is 11.2. The van der Waals surface area contributed by atoms with Gasteiger partial charge in [0.05, 0.1) is 30.1 Å². The van der Waals surface area contributed by atoms with Crippen LogP contribution >= 0.6 is 11.6 Å². The Labute approximate surface area is 144 Å². The summed E-state index contributed by atoms with van der Waals surface area (Å²) in [4.78, 5) is 28.2. The largest absolute Gasteiger partial charge is 0.480 e. The molecule has 1 saturated heterocycles. The minimum atomic E-state index is -0.544. The van der Waals surface area contributed by atoms with Crippen molar-refractivity contribution in [1.82, 2.24) is 15.0 Å². The second-order valence-electron chi connectivity index (χ2n) is 5.29. The lowest BCUT2D eigenvalue weighted by Crippen LogP contribution is -2.47. The highest BCUT2D eigenvalue weighted by molar-refractivity contribution is 6.33. The van der Waals surface area contributed by atoms with Gasteiger partial charge in [0.1, 0.15) is 5.82 Å². The lowest BCUT2D eigenvalue weighted by atomic mass is 10.2. The third kappa shape index (κ3) is 3.33. The van der Waals surface area contributed by atoms with E-state index in [1.165, 1.54) is 6.20 Å². The number of rotatable bonds is 4. The molecule has 8 nitrogen and oxygen atoms in total. The first-order valence-electron chi connectivity index (χ1n) is 7.40. The number of aromatic nitrogens is 3. The number of amides is 1. The molecule has 3 rings (SSSR count). The number of methoxy groups -OCH3 is 1. The molecular formula is C15H17ClN6O2. The van der Waals surface area contributed by atoms with Crippen LogP contribution < -0.4 is 20.3 Å². The fourth-order valence-electron chi connectivity index (χ4n) is 2.53. The summed E-state index contributed by atoms with van der Waals surface area (Å²) < 4.78 is 5.11. The number of nitrogens with two attached hydrogens (primary N) is 1. The summed E-state index contributed by atoms with van der Waals surface area (Å²) >= 11 is 6.24. The van der Waals surface area contributed by atoms with E-state index in [4.69, 9.17) is 22.1 Å². The van der Waals surface area contributed by atoms with Gasteiger partial charge in [-0.3, -0.25) is 9.78 Å². The Balaban J connectivity index is 1.69. The van der Waals surface area contributed by atoms with Crippen molar-refractivity contribution in [2.75, 3.05) is 43.1 Å². The third-order valence-electron chi connectivity index (χ3n) is 3.82. The second-order valence-corrected chi connectivity index (χ2v) is 5.69. The number of ether oxygens (including phenoxy) is 1. The monoisotopic (exact) mass is 348 g/mol. The highest BCUT2D eigenvalue weighted by atomic mass is 35.5. The molecule has 2 aromatic heterocycles. The maximum absolute atomic E-state index is 11.2. The first-order valence-corrected chi connectivity index (χ1v) is 7.77. The molecule has 126 valence electrons. The quantitative estimate of drug-likeness (QED) is 0.878. The van der Waals surface area contributed by atoms with Crippen LogP contribution in [0, 0.1) is 0 Å². The molecule has 0 radical (unpaired) electrons. The topological polar surface area (TPSA) is 97.5 Å². The van der Waals surface area contributed by atoms with Crippen molar-refractivity contribution < 1.29 is 9.53 Å². The Kier molecular flexibility index (Phi) is 4.66. The molecule has 1 aliphatic rings. The number of halogens is 1. The highest BCUT2D eigenvalue weighted by Crippen LogP contribution is 2.26. The molecule has 0 bridgehead atoms. The van der Waals surface area contributed by atoms with Gasteiger partial charge in [-0.05, 0) is 6.07 Å². The first kappa shape index (κ1) is 16.3. The Hall–Kier alpha value is -2.61. The van der Waals surface area contributed by atoms with Crippen LogP contribution in [0.5, 0.6) is 5.88 Å². The fourth-order valence-corrected chi connectivity index (χ4v) is 2.82. The summed E-state index contributed by atoms with van der Waals surface area (Å²) in [6.07, 6.45) is 4.73. The van der Waals surface area contributed by atoms with Gasteiger partial charge in [-0.15, -0.1) is 0 Å². The zero-order chi connectivity index (χ0) is 17.1. The summed E-state index contributed by atoms with van der Waals surface area (Å²) in [6, 6.07) is 1.55. The van der Waals surface area contributed by atoms with Gasteiger partial charge < -0.3 is 20.3 Å². The second kappa shape index (κ2) is 6.88. The van der Waals surface area contributed by atoms with E-state index in [-0.39, 0.29) is 0 Å². The number of anilines is 2.